The molecule has 2 fully saturated rings. The first kappa shape index (κ1) is 20.0. The maximum Gasteiger partial charge on any atom is 0.417 e. The molecule has 4 heterocycles. The number of carbonyl (C=O) groups is 1. The van der Waals surface area contributed by atoms with Gasteiger partial charge in [-0.2, -0.15) is 18.2 Å². The monoisotopic (exact) mass is 434 g/mol. The van der Waals surface area contributed by atoms with Crippen molar-refractivity contribution in [2.75, 3.05) is 19.6 Å². The molecule has 1 aromatic heterocycles. The lowest BCUT2D eigenvalue weighted by Crippen LogP contribution is -2.53. The Morgan fingerprint density at radius 1 is 1.16 bits per heavy atom. The van der Waals surface area contributed by atoms with E-state index in [4.69, 9.17) is 4.52 Å². The fourth-order valence-corrected chi connectivity index (χ4v) is 4.47. The average molecular weight is 434 g/mol. The van der Waals surface area contributed by atoms with Gasteiger partial charge >= 0.3 is 6.18 Å². The highest BCUT2D eigenvalue weighted by atomic mass is 19.4. The Labute approximate surface area is 175 Å². The summed E-state index contributed by atoms with van der Waals surface area (Å²) in [6, 6.07) is 5.12. The van der Waals surface area contributed by atoms with Gasteiger partial charge in [0.05, 0.1) is 11.5 Å². The first-order chi connectivity index (χ1) is 14.9. The fourth-order valence-electron chi connectivity index (χ4n) is 4.47. The molecule has 5 rings (SSSR count). The van der Waals surface area contributed by atoms with E-state index in [2.05, 4.69) is 26.2 Å². The zero-order valence-corrected chi connectivity index (χ0v) is 16.4. The maximum absolute atomic E-state index is 13.4. The van der Waals surface area contributed by atoms with Gasteiger partial charge in [0.1, 0.15) is 6.17 Å². The molecule has 2 aromatic rings. The Morgan fingerprint density at radius 3 is 2.71 bits per heavy atom. The van der Waals surface area contributed by atoms with E-state index < -0.39 is 23.8 Å². The van der Waals surface area contributed by atoms with Gasteiger partial charge in [0.15, 0.2) is 0 Å². The van der Waals surface area contributed by atoms with Crippen LogP contribution in [0.25, 0.3) is 11.4 Å². The molecule has 1 aromatic carbocycles. The van der Waals surface area contributed by atoms with Gasteiger partial charge in [0, 0.05) is 29.8 Å². The third-order valence-corrected chi connectivity index (χ3v) is 5.98. The van der Waals surface area contributed by atoms with Crippen LogP contribution in [0.3, 0.4) is 0 Å². The van der Waals surface area contributed by atoms with Crippen molar-refractivity contribution in [2.24, 2.45) is 5.92 Å². The quantitative estimate of drug-likeness (QED) is 0.680. The molecule has 0 radical (unpaired) electrons. The molecule has 0 bridgehead atoms. The number of hydrogen-bond acceptors (Lipinski definition) is 7. The summed E-state index contributed by atoms with van der Waals surface area (Å²) in [7, 11) is 0. The summed E-state index contributed by atoms with van der Waals surface area (Å²) in [5, 5.41) is 11.9. The molecule has 1 amide bonds. The van der Waals surface area contributed by atoms with Crippen LogP contribution in [0.4, 0.5) is 13.2 Å². The Bertz CT molecular complexity index is 1010. The Morgan fingerprint density at radius 2 is 1.94 bits per heavy atom. The normalized spacial score (nSPS) is 24.7. The van der Waals surface area contributed by atoms with Crippen LogP contribution in [0.15, 0.2) is 40.6 Å². The minimum Gasteiger partial charge on any atom is -0.338 e. The van der Waals surface area contributed by atoms with Crippen molar-refractivity contribution < 1.29 is 22.5 Å². The van der Waals surface area contributed by atoms with Crippen molar-refractivity contribution in [2.45, 2.75) is 31.1 Å². The predicted molar refractivity (Wildman–Crippen MR) is 103 cm³/mol. The van der Waals surface area contributed by atoms with Crippen LogP contribution in [-0.2, 0) is 11.0 Å². The number of alkyl halides is 3. The third-order valence-electron chi connectivity index (χ3n) is 5.98. The lowest BCUT2D eigenvalue weighted by Gasteiger charge is -2.38. The molecule has 11 heteroatoms. The van der Waals surface area contributed by atoms with Gasteiger partial charge in [-0.25, -0.2) is 5.43 Å². The van der Waals surface area contributed by atoms with E-state index in [1.54, 1.807) is 6.08 Å². The summed E-state index contributed by atoms with van der Waals surface area (Å²) in [5.74, 6) is -0.297. The number of rotatable bonds is 3. The molecule has 0 spiro atoms. The molecule has 3 aliphatic rings. The highest BCUT2D eigenvalue weighted by Crippen LogP contribution is 2.38. The van der Waals surface area contributed by atoms with Gasteiger partial charge in [-0.15, -0.1) is 0 Å². The van der Waals surface area contributed by atoms with Crippen molar-refractivity contribution in [1.82, 2.24) is 31.2 Å². The Balaban J connectivity index is 1.42. The number of nitrogens with zero attached hydrogens (tertiary/aromatic N) is 3. The lowest BCUT2D eigenvalue weighted by molar-refractivity contribution is -0.137. The largest absolute Gasteiger partial charge is 0.417 e. The molecular formula is C20H21F3N6O2. The number of hydrogen-bond donors (Lipinski definition) is 3. The van der Waals surface area contributed by atoms with E-state index in [9.17, 15) is 18.0 Å². The topological polar surface area (TPSA) is 95.3 Å². The van der Waals surface area contributed by atoms with Crippen molar-refractivity contribution in [3.05, 3.63) is 47.5 Å². The molecule has 0 saturated carbocycles. The number of nitrogens with one attached hydrogen (secondary N) is 3. The molecule has 3 aliphatic heterocycles. The van der Waals surface area contributed by atoms with E-state index in [1.807, 2.05) is 5.01 Å². The minimum absolute atomic E-state index is 0.127. The first-order valence-corrected chi connectivity index (χ1v) is 10.2. The van der Waals surface area contributed by atoms with Crippen LogP contribution < -0.4 is 16.1 Å². The molecular weight excluding hydrogens is 413 g/mol. The molecule has 2 unspecified atom stereocenters. The van der Waals surface area contributed by atoms with Gasteiger partial charge in [-0.3, -0.25) is 9.80 Å². The van der Waals surface area contributed by atoms with Gasteiger partial charge in [0.25, 0.3) is 0 Å². The van der Waals surface area contributed by atoms with Gasteiger partial charge in [0.2, 0.25) is 17.6 Å². The number of piperidine rings is 1. The smallest absolute Gasteiger partial charge is 0.338 e. The first-order valence-electron chi connectivity index (χ1n) is 10.2. The van der Waals surface area contributed by atoms with Crippen LogP contribution in [0.5, 0.6) is 0 Å². The number of aromatic nitrogens is 2. The number of benzene rings is 1. The van der Waals surface area contributed by atoms with E-state index >= 15 is 0 Å². The fraction of sp³-hybridized carbons (Fsp3) is 0.450. The summed E-state index contributed by atoms with van der Waals surface area (Å²) in [4.78, 5) is 16.6. The molecule has 2 atom stereocenters. The summed E-state index contributed by atoms with van der Waals surface area (Å²) >= 11 is 0. The molecule has 31 heavy (non-hydrogen) atoms. The van der Waals surface area contributed by atoms with Crippen molar-refractivity contribution in [1.29, 1.82) is 0 Å². The van der Waals surface area contributed by atoms with Crippen molar-refractivity contribution in [3.8, 4) is 11.4 Å². The van der Waals surface area contributed by atoms with Crippen LogP contribution in [-0.4, -0.2) is 46.9 Å². The minimum atomic E-state index is -4.53. The highest BCUT2D eigenvalue weighted by molar-refractivity contribution is 5.89. The highest BCUT2D eigenvalue weighted by Gasteiger charge is 2.44. The molecule has 164 valence electrons. The number of carbonyl (C=O) groups excluding carboxylic acids is 1. The maximum atomic E-state index is 13.4. The molecule has 0 aliphatic carbocycles. The van der Waals surface area contributed by atoms with Crippen LogP contribution >= 0.6 is 0 Å². The Kier molecular flexibility index (Phi) is 4.94. The second-order valence-electron chi connectivity index (χ2n) is 7.89. The van der Waals surface area contributed by atoms with Crippen LogP contribution in [0.1, 0.15) is 30.2 Å². The van der Waals surface area contributed by atoms with Gasteiger partial charge in [-0.1, -0.05) is 23.4 Å². The number of fused-ring (bicyclic) bond motifs is 1. The molecule has 3 N–H and O–H groups in total. The SMILES string of the molecule is O=C1C=C(C2CCNCC2)N2NCC(c3nc(-c4ccccc4C(F)(F)F)no3)C2N1. The van der Waals surface area contributed by atoms with Crippen LogP contribution in [0, 0.1) is 5.92 Å². The van der Waals surface area contributed by atoms with Gasteiger partial charge in [-0.05, 0) is 32.0 Å². The summed E-state index contributed by atoms with van der Waals surface area (Å²) in [5.41, 5.74) is 3.23. The molecule has 8 nitrogen and oxygen atoms in total. The van der Waals surface area contributed by atoms with E-state index in [0.29, 0.717) is 6.54 Å². The standard InChI is InChI=1S/C20H21F3N6O2/c21-20(22,23)14-4-2-1-3-12(14)17-27-19(31-28-17)13-10-25-29-15(9-16(30)26-18(13)29)11-5-7-24-8-6-11/h1-4,9,11,13,18,24-25H,5-8,10H2,(H,26,30). The summed E-state index contributed by atoms with van der Waals surface area (Å²) in [6.45, 7) is 2.18. The Hall–Kier alpha value is -2.92. The van der Waals surface area contributed by atoms with E-state index in [-0.39, 0.29) is 29.1 Å². The number of hydrazine groups is 1. The zero-order chi connectivity index (χ0) is 21.6. The zero-order valence-electron chi connectivity index (χ0n) is 16.4. The third kappa shape index (κ3) is 3.68. The van der Waals surface area contributed by atoms with Gasteiger partial charge < -0.3 is 15.2 Å². The molecule has 2 saturated heterocycles. The summed E-state index contributed by atoms with van der Waals surface area (Å²) in [6.07, 6.45) is -1.52. The predicted octanol–water partition coefficient (Wildman–Crippen LogP) is 2.00. The number of halogens is 3. The number of amides is 1. The number of allylic oxidation sites excluding steroid dienone is 1. The second-order valence-corrected chi connectivity index (χ2v) is 7.89. The van der Waals surface area contributed by atoms with Crippen LogP contribution in [0.2, 0.25) is 0 Å². The second kappa shape index (κ2) is 7.65. The van der Waals surface area contributed by atoms with Crippen molar-refractivity contribution >= 4 is 5.91 Å². The average Bonchev–Trinajstić information content (AvgIpc) is 3.40. The summed E-state index contributed by atoms with van der Waals surface area (Å²) < 4.78 is 45.5. The van der Waals surface area contributed by atoms with E-state index in [0.717, 1.165) is 37.7 Å². The van der Waals surface area contributed by atoms with E-state index in [1.165, 1.54) is 18.2 Å². The lowest BCUT2D eigenvalue weighted by atomic mass is 9.92. The van der Waals surface area contributed by atoms with Crippen molar-refractivity contribution in [3.63, 3.8) is 0 Å².